The molecule has 124 valence electrons. The molecule has 1 aromatic carbocycles. The van der Waals surface area contributed by atoms with Gasteiger partial charge in [0, 0.05) is 11.0 Å². The molecule has 0 aliphatic heterocycles. The minimum Gasteiger partial charge on any atom is -0.489 e. The van der Waals surface area contributed by atoms with Crippen LogP contribution in [0.25, 0.3) is 0 Å². The summed E-state index contributed by atoms with van der Waals surface area (Å²) in [6, 6.07) is 4.62. The van der Waals surface area contributed by atoms with Crippen LogP contribution in [-0.4, -0.2) is 14.7 Å². The van der Waals surface area contributed by atoms with Crippen molar-refractivity contribution in [2.24, 2.45) is 0 Å². The third-order valence-corrected chi connectivity index (χ3v) is 6.54. The van der Waals surface area contributed by atoms with Crippen molar-refractivity contribution in [3.63, 3.8) is 0 Å². The van der Waals surface area contributed by atoms with Gasteiger partial charge in [0.05, 0.1) is 8.07 Å². The molecule has 1 aliphatic rings. The Kier molecular flexibility index (Phi) is 5.05. The first-order valence-corrected chi connectivity index (χ1v) is 11.9. The maximum atomic E-state index is 6.21. The number of aryl methyl sites for hydroxylation is 1. The quantitative estimate of drug-likeness (QED) is 0.511. The van der Waals surface area contributed by atoms with E-state index in [2.05, 4.69) is 77.4 Å². The van der Waals surface area contributed by atoms with E-state index in [1.54, 1.807) is 0 Å². The lowest BCUT2D eigenvalue weighted by molar-refractivity contribution is 0.356. The van der Waals surface area contributed by atoms with Crippen molar-refractivity contribution >= 4 is 13.3 Å². The molecular weight excluding hydrogens is 296 g/mol. The molecule has 2 heteroatoms. The molecule has 0 atom stereocenters. The van der Waals surface area contributed by atoms with Crippen LogP contribution in [0, 0.1) is 6.92 Å². The molecule has 0 bridgehead atoms. The van der Waals surface area contributed by atoms with Crippen LogP contribution in [0.3, 0.4) is 0 Å². The van der Waals surface area contributed by atoms with Gasteiger partial charge in [0.2, 0.25) is 0 Å². The van der Waals surface area contributed by atoms with Gasteiger partial charge in [0.1, 0.15) is 12.4 Å². The van der Waals surface area contributed by atoms with E-state index >= 15 is 0 Å². The molecule has 0 fully saturated rings. The van der Waals surface area contributed by atoms with Crippen LogP contribution in [0.2, 0.25) is 19.6 Å². The zero-order valence-electron chi connectivity index (χ0n) is 15.5. The van der Waals surface area contributed by atoms with Crippen LogP contribution in [0.5, 0.6) is 5.75 Å². The molecule has 0 saturated carbocycles. The first kappa shape index (κ1) is 17.8. The average Bonchev–Trinajstić information content (AvgIpc) is 2.99. The number of allylic oxidation sites excluding steroid dienone is 4. The Morgan fingerprint density at radius 3 is 2.48 bits per heavy atom. The van der Waals surface area contributed by atoms with Crippen molar-refractivity contribution in [1.29, 1.82) is 0 Å². The second kappa shape index (κ2) is 6.52. The normalized spacial score (nSPS) is 14.8. The Hall–Kier alpha value is -1.54. The van der Waals surface area contributed by atoms with Gasteiger partial charge in [-0.1, -0.05) is 82.1 Å². The standard InChI is InChI=1S/C21H30OSi/c1-8-13-22-20-18(21(3,4)17-11-9-10-12-17)14-16(2)15-19(20)23(5,6)7/h8-9,11-12,14-15H,1,10,13H2,2-7H3. The molecule has 0 amide bonds. The Bertz CT molecular complexity index is 657. The van der Waals surface area contributed by atoms with Crippen molar-refractivity contribution in [3.8, 4) is 5.75 Å². The van der Waals surface area contributed by atoms with E-state index in [1.165, 1.54) is 21.9 Å². The Labute approximate surface area is 142 Å². The molecule has 0 spiro atoms. The summed E-state index contributed by atoms with van der Waals surface area (Å²) in [5, 5.41) is 1.41. The molecule has 2 rings (SSSR count). The van der Waals surface area contributed by atoms with Crippen molar-refractivity contribution in [2.75, 3.05) is 6.61 Å². The molecule has 0 heterocycles. The van der Waals surface area contributed by atoms with Gasteiger partial charge >= 0.3 is 0 Å². The lowest BCUT2D eigenvalue weighted by Gasteiger charge is -2.32. The van der Waals surface area contributed by atoms with Gasteiger partial charge in [-0.05, 0) is 24.1 Å². The van der Waals surface area contributed by atoms with Crippen LogP contribution in [0.1, 0.15) is 31.4 Å². The lowest BCUT2D eigenvalue weighted by atomic mass is 9.77. The predicted octanol–water partition coefficient (Wildman–Crippen LogP) is 5.27. The fraction of sp³-hybridized carbons (Fsp3) is 0.429. The highest BCUT2D eigenvalue weighted by Crippen LogP contribution is 2.40. The predicted molar refractivity (Wildman–Crippen MR) is 105 cm³/mol. The second-order valence-corrected chi connectivity index (χ2v) is 13.0. The molecule has 1 aliphatic carbocycles. The van der Waals surface area contributed by atoms with E-state index in [4.69, 9.17) is 4.74 Å². The molecule has 0 radical (unpaired) electrons. The minimum absolute atomic E-state index is 0.0517. The van der Waals surface area contributed by atoms with E-state index < -0.39 is 8.07 Å². The first-order valence-electron chi connectivity index (χ1n) is 8.44. The van der Waals surface area contributed by atoms with Gasteiger partial charge < -0.3 is 4.74 Å². The summed E-state index contributed by atoms with van der Waals surface area (Å²) < 4.78 is 6.21. The number of hydrogen-bond acceptors (Lipinski definition) is 1. The van der Waals surface area contributed by atoms with E-state index in [9.17, 15) is 0 Å². The number of ether oxygens (including phenoxy) is 1. The van der Waals surface area contributed by atoms with E-state index in [0.717, 1.165) is 12.2 Å². The smallest absolute Gasteiger partial charge is 0.123 e. The number of benzene rings is 1. The van der Waals surface area contributed by atoms with Gasteiger partial charge in [-0.2, -0.15) is 0 Å². The fourth-order valence-corrected chi connectivity index (χ4v) is 4.72. The Morgan fingerprint density at radius 1 is 1.26 bits per heavy atom. The summed E-state index contributed by atoms with van der Waals surface area (Å²) in [5.41, 5.74) is 3.95. The monoisotopic (exact) mass is 326 g/mol. The highest BCUT2D eigenvalue weighted by molar-refractivity contribution is 6.89. The summed E-state index contributed by atoms with van der Waals surface area (Å²) in [5.74, 6) is 1.08. The fourth-order valence-electron chi connectivity index (χ4n) is 3.17. The summed E-state index contributed by atoms with van der Waals surface area (Å²) in [6.45, 7) is 18.3. The van der Waals surface area contributed by atoms with Crippen molar-refractivity contribution in [2.45, 2.75) is 52.2 Å². The second-order valence-electron chi connectivity index (χ2n) is 7.96. The summed E-state index contributed by atoms with van der Waals surface area (Å²) >= 11 is 0. The highest BCUT2D eigenvalue weighted by atomic mass is 28.3. The molecule has 0 saturated heterocycles. The molecule has 0 aromatic heterocycles. The zero-order chi connectivity index (χ0) is 17.3. The van der Waals surface area contributed by atoms with Crippen LogP contribution in [0.4, 0.5) is 0 Å². The van der Waals surface area contributed by atoms with E-state index in [1.807, 2.05) is 6.08 Å². The van der Waals surface area contributed by atoms with Crippen molar-refractivity contribution < 1.29 is 4.74 Å². The van der Waals surface area contributed by atoms with Gasteiger partial charge in [-0.25, -0.2) is 0 Å². The maximum absolute atomic E-state index is 6.21. The Balaban J connectivity index is 2.68. The third-order valence-electron chi connectivity index (χ3n) is 4.55. The molecule has 1 nitrogen and oxygen atoms in total. The van der Waals surface area contributed by atoms with Crippen molar-refractivity contribution in [1.82, 2.24) is 0 Å². The van der Waals surface area contributed by atoms with Gasteiger partial charge in [-0.15, -0.1) is 0 Å². The van der Waals surface area contributed by atoms with E-state index in [0.29, 0.717) is 6.61 Å². The van der Waals surface area contributed by atoms with E-state index in [-0.39, 0.29) is 5.41 Å². The summed E-state index contributed by atoms with van der Waals surface area (Å²) in [4.78, 5) is 0. The largest absolute Gasteiger partial charge is 0.489 e. The Morgan fingerprint density at radius 2 is 1.96 bits per heavy atom. The van der Waals surface area contributed by atoms with Gasteiger partial charge in [-0.3, -0.25) is 0 Å². The third kappa shape index (κ3) is 3.69. The number of hydrogen-bond donors (Lipinski definition) is 0. The topological polar surface area (TPSA) is 9.23 Å². The molecule has 0 N–H and O–H groups in total. The van der Waals surface area contributed by atoms with Crippen molar-refractivity contribution in [3.05, 3.63) is 59.7 Å². The number of rotatable bonds is 6. The summed E-state index contributed by atoms with van der Waals surface area (Å²) in [6.07, 6.45) is 9.69. The van der Waals surface area contributed by atoms with Crippen LogP contribution >= 0.6 is 0 Å². The van der Waals surface area contributed by atoms with Gasteiger partial charge in [0.25, 0.3) is 0 Å². The molecule has 1 aromatic rings. The highest BCUT2D eigenvalue weighted by Gasteiger charge is 2.32. The van der Waals surface area contributed by atoms with Crippen LogP contribution in [-0.2, 0) is 5.41 Å². The average molecular weight is 327 g/mol. The molecular formula is C21H30OSi. The lowest BCUT2D eigenvalue weighted by Crippen LogP contribution is -2.40. The SMILES string of the molecule is C=CCOc1c(C(C)(C)C2=CCC=C2)cc(C)cc1[Si](C)(C)C. The minimum atomic E-state index is -1.51. The summed E-state index contributed by atoms with van der Waals surface area (Å²) in [7, 11) is -1.51. The zero-order valence-corrected chi connectivity index (χ0v) is 16.5. The van der Waals surface area contributed by atoms with Gasteiger partial charge in [0.15, 0.2) is 0 Å². The maximum Gasteiger partial charge on any atom is 0.123 e. The van der Waals surface area contributed by atoms with Crippen LogP contribution < -0.4 is 9.92 Å². The molecule has 23 heavy (non-hydrogen) atoms. The molecule has 0 unspecified atom stereocenters. The van der Waals surface area contributed by atoms with Crippen LogP contribution in [0.15, 0.2) is 48.6 Å². The first-order chi connectivity index (χ1) is 10.7.